The Balaban J connectivity index is 1.51. The van der Waals surface area contributed by atoms with Crippen LogP contribution in [0.2, 0.25) is 5.02 Å². The number of ketones is 1. The molecule has 1 unspecified atom stereocenters. The van der Waals surface area contributed by atoms with Gasteiger partial charge in [-0.3, -0.25) is 14.5 Å². The quantitative estimate of drug-likeness (QED) is 0.757. The van der Waals surface area contributed by atoms with Crippen molar-refractivity contribution in [1.29, 1.82) is 0 Å². The van der Waals surface area contributed by atoms with Crippen molar-refractivity contribution in [2.24, 2.45) is 5.73 Å². The van der Waals surface area contributed by atoms with Crippen molar-refractivity contribution < 1.29 is 9.59 Å². The summed E-state index contributed by atoms with van der Waals surface area (Å²) in [7, 11) is 0. The molecule has 0 bridgehead atoms. The Bertz CT molecular complexity index is 888. The minimum Gasteiger partial charge on any atom is -0.366 e. The number of hydrogen-bond acceptors (Lipinski definition) is 5. The molecule has 2 aliphatic rings. The monoisotopic (exact) mass is 417 g/mol. The highest BCUT2D eigenvalue weighted by Gasteiger charge is 2.31. The molecule has 3 heterocycles. The van der Waals surface area contributed by atoms with Gasteiger partial charge in [-0.25, -0.2) is 0 Å². The van der Waals surface area contributed by atoms with Crippen molar-refractivity contribution >= 4 is 34.6 Å². The Hall–Kier alpha value is -1.73. The zero-order valence-corrected chi connectivity index (χ0v) is 17.2. The van der Waals surface area contributed by atoms with Gasteiger partial charge in [0.2, 0.25) is 5.91 Å². The molecule has 1 aromatic carbocycles. The smallest absolute Gasteiger partial charge is 0.250 e. The van der Waals surface area contributed by atoms with Crippen LogP contribution < -0.4 is 11.1 Å². The van der Waals surface area contributed by atoms with E-state index in [1.54, 1.807) is 23.5 Å². The summed E-state index contributed by atoms with van der Waals surface area (Å²) in [5.74, 6) is -0.331. The van der Waals surface area contributed by atoms with Gasteiger partial charge in [-0.05, 0) is 42.6 Å². The highest BCUT2D eigenvalue weighted by Crippen LogP contribution is 2.34. The molecule has 2 aromatic rings. The summed E-state index contributed by atoms with van der Waals surface area (Å²) in [6, 6.07) is 7.86. The number of halogens is 1. The van der Waals surface area contributed by atoms with E-state index in [0.717, 1.165) is 55.0 Å². The molecule has 1 fully saturated rings. The summed E-state index contributed by atoms with van der Waals surface area (Å²) in [6.45, 7) is 3.87. The first-order valence-corrected chi connectivity index (χ1v) is 10.8. The Morgan fingerprint density at radius 1 is 1.25 bits per heavy atom. The van der Waals surface area contributed by atoms with Crippen LogP contribution in [0.1, 0.15) is 37.7 Å². The number of Topliss-reactive ketones (excluding diaryl/α,β-unsaturated/α-hetero) is 1. The number of carbonyl (C=O) groups excluding carboxylic acids is 2. The van der Waals surface area contributed by atoms with E-state index in [4.69, 9.17) is 17.3 Å². The number of carbonyl (C=O) groups is 2. The first-order valence-electron chi connectivity index (χ1n) is 9.65. The van der Waals surface area contributed by atoms with Crippen molar-refractivity contribution in [1.82, 2.24) is 10.2 Å². The molecule has 4 rings (SSSR count). The lowest BCUT2D eigenvalue weighted by Gasteiger charge is -2.31. The summed E-state index contributed by atoms with van der Waals surface area (Å²) < 4.78 is 0. The van der Waals surface area contributed by atoms with Gasteiger partial charge in [-0.2, -0.15) is 0 Å². The molecule has 0 radical (unpaired) electrons. The van der Waals surface area contributed by atoms with Crippen LogP contribution in [0.15, 0.2) is 24.3 Å². The van der Waals surface area contributed by atoms with E-state index in [0.29, 0.717) is 23.0 Å². The molecule has 1 aromatic heterocycles. The number of hydrogen-bond donors (Lipinski definition) is 2. The SMILES string of the molecule is NC(=O)c1c(CC(=O)Cc2ccc(Cl)cc2)sc2c1CCN(C1CCNC1)C2. The number of primary amides is 1. The first kappa shape index (κ1) is 19.6. The molecule has 1 amide bonds. The zero-order valence-electron chi connectivity index (χ0n) is 15.7. The Labute approximate surface area is 173 Å². The topological polar surface area (TPSA) is 75.4 Å². The maximum Gasteiger partial charge on any atom is 0.250 e. The van der Waals surface area contributed by atoms with E-state index in [-0.39, 0.29) is 12.2 Å². The van der Waals surface area contributed by atoms with E-state index in [1.807, 2.05) is 12.1 Å². The highest BCUT2D eigenvalue weighted by atomic mass is 35.5. The van der Waals surface area contributed by atoms with Crippen LogP contribution in [0, 0.1) is 0 Å². The van der Waals surface area contributed by atoms with Gasteiger partial charge >= 0.3 is 0 Å². The summed E-state index contributed by atoms with van der Waals surface area (Å²) in [4.78, 5) is 29.3. The van der Waals surface area contributed by atoms with Gasteiger partial charge < -0.3 is 11.1 Å². The number of fused-ring (bicyclic) bond motifs is 1. The van der Waals surface area contributed by atoms with Crippen LogP contribution in [-0.2, 0) is 30.6 Å². The first-order chi connectivity index (χ1) is 13.5. The molecular formula is C21H24ClN3O2S. The predicted octanol–water partition coefficient (Wildman–Crippen LogP) is 2.57. The number of nitrogens with two attached hydrogens (primary N) is 1. The molecular weight excluding hydrogens is 394 g/mol. The maximum atomic E-state index is 12.6. The second kappa shape index (κ2) is 8.33. The van der Waals surface area contributed by atoms with Crippen molar-refractivity contribution in [3.8, 4) is 0 Å². The predicted molar refractivity (Wildman–Crippen MR) is 112 cm³/mol. The van der Waals surface area contributed by atoms with Crippen molar-refractivity contribution in [3.05, 3.63) is 55.7 Å². The number of thiophene rings is 1. The van der Waals surface area contributed by atoms with Crippen LogP contribution in [0.4, 0.5) is 0 Å². The molecule has 2 aliphatic heterocycles. The standard InChI is InChI=1S/C21H24ClN3O2S/c22-14-3-1-13(2-4-14)9-16(26)10-18-20(21(23)27)17-6-8-25(12-19(17)28-18)15-5-7-24-11-15/h1-4,15,24H,5-12H2,(H2,23,27). The third-order valence-electron chi connectivity index (χ3n) is 5.63. The number of benzene rings is 1. The molecule has 5 nitrogen and oxygen atoms in total. The molecule has 148 valence electrons. The lowest BCUT2D eigenvalue weighted by molar-refractivity contribution is -0.117. The fraction of sp³-hybridized carbons (Fsp3) is 0.429. The van der Waals surface area contributed by atoms with E-state index < -0.39 is 5.91 Å². The van der Waals surface area contributed by atoms with E-state index in [1.165, 1.54) is 4.88 Å². The average Bonchev–Trinajstić information content (AvgIpc) is 3.30. The van der Waals surface area contributed by atoms with Crippen LogP contribution in [0.3, 0.4) is 0 Å². The zero-order chi connectivity index (χ0) is 19.7. The van der Waals surface area contributed by atoms with Crippen LogP contribution in [-0.4, -0.2) is 42.3 Å². The fourth-order valence-corrected chi connectivity index (χ4v) is 5.77. The lowest BCUT2D eigenvalue weighted by Crippen LogP contribution is -2.40. The van der Waals surface area contributed by atoms with Gasteiger partial charge in [0, 0.05) is 53.3 Å². The molecule has 28 heavy (non-hydrogen) atoms. The van der Waals surface area contributed by atoms with Crippen molar-refractivity contribution in [2.75, 3.05) is 19.6 Å². The minimum absolute atomic E-state index is 0.0836. The summed E-state index contributed by atoms with van der Waals surface area (Å²) >= 11 is 7.50. The second-order valence-electron chi connectivity index (χ2n) is 7.55. The summed E-state index contributed by atoms with van der Waals surface area (Å²) in [6.07, 6.45) is 2.57. The second-order valence-corrected chi connectivity index (χ2v) is 9.18. The molecule has 3 N–H and O–H groups in total. The third-order valence-corrected chi connectivity index (χ3v) is 7.10. The molecule has 0 spiro atoms. The fourth-order valence-electron chi connectivity index (χ4n) is 4.22. The Kier molecular flexibility index (Phi) is 5.83. The number of rotatable bonds is 6. The van der Waals surface area contributed by atoms with Gasteiger partial charge in [0.15, 0.2) is 0 Å². The van der Waals surface area contributed by atoms with Crippen LogP contribution in [0.25, 0.3) is 0 Å². The number of nitrogens with zero attached hydrogens (tertiary/aromatic N) is 1. The average molecular weight is 418 g/mol. The van der Waals surface area contributed by atoms with Crippen molar-refractivity contribution in [2.45, 2.75) is 38.3 Å². The molecule has 1 saturated heterocycles. The van der Waals surface area contributed by atoms with Gasteiger partial charge in [0.25, 0.3) is 0 Å². The van der Waals surface area contributed by atoms with Gasteiger partial charge in [0.1, 0.15) is 5.78 Å². The highest BCUT2D eigenvalue weighted by molar-refractivity contribution is 7.12. The summed E-state index contributed by atoms with van der Waals surface area (Å²) in [5, 5.41) is 4.07. The number of amides is 1. The Morgan fingerprint density at radius 2 is 2.04 bits per heavy atom. The van der Waals surface area contributed by atoms with E-state index in [2.05, 4.69) is 10.2 Å². The van der Waals surface area contributed by atoms with E-state index in [9.17, 15) is 9.59 Å². The van der Waals surface area contributed by atoms with Crippen LogP contribution in [0.5, 0.6) is 0 Å². The summed E-state index contributed by atoms with van der Waals surface area (Å²) in [5.41, 5.74) is 8.29. The maximum absolute atomic E-state index is 12.6. The number of nitrogens with one attached hydrogen (secondary N) is 1. The lowest BCUT2D eigenvalue weighted by atomic mass is 9.97. The molecule has 1 atom stereocenters. The molecule has 7 heteroatoms. The van der Waals surface area contributed by atoms with Gasteiger partial charge in [0.05, 0.1) is 5.56 Å². The van der Waals surface area contributed by atoms with E-state index >= 15 is 0 Å². The normalized spacial score (nSPS) is 19.5. The van der Waals surface area contributed by atoms with Gasteiger partial charge in [-0.15, -0.1) is 11.3 Å². The minimum atomic E-state index is -0.414. The molecule has 0 saturated carbocycles. The largest absolute Gasteiger partial charge is 0.366 e. The van der Waals surface area contributed by atoms with Gasteiger partial charge in [-0.1, -0.05) is 23.7 Å². The Morgan fingerprint density at radius 3 is 2.71 bits per heavy atom. The van der Waals surface area contributed by atoms with Crippen molar-refractivity contribution in [3.63, 3.8) is 0 Å². The van der Waals surface area contributed by atoms with Crippen LogP contribution >= 0.6 is 22.9 Å². The third kappa shape index (κ3) is 4.15. The molecule has 0 aliphatic carbocycles.